The third-order valence-electron chi connectivity index (χ3n) is 4.00. The molecule has 3 rings (SSSR count). The van der Waals surface area contributed by atoms with Crippen molar-refractivity contribution < 1.29 is 14.4 Å². The average Bonchev–Trinajstić information content (AvgIpc) is 2.75. The van der Waals surface area contributed by atoms with Crippen molar-refractivity contribution in [2.75, 3.05) is 0 Å². The van der Waals surface area contributed by atoms with Crippen molar-refractivity contribution in [1.29, 1.82) is 0 Å². The van der Waals surface area contributed by atoms with Crippen molar-refractivity contribution >= 4 is 17.7 Å². The van der Waals surface area contributed by atoms with E-state index in [1.807, 2.05) is 18.2 Å². The molecule has 20 heavy (non-hydrogen) atoms. The van der Waals surface area contributed by atoms with Crippen LogP contribution in [0.5, 0.6) is 0 Å². The van der Waals surface area contributed by atoms with Crippen LogP contribution in [0.3, 0.4) is 0 Å². The molecule has 2 heterocycles. The van der Waals surface area contributed by atoms with Gasteiger partial charge in [-0.2, -0.15) is 0 Å². The highest BCUT2D eigenvalue weighted by Crippen LogP contribution is 2.28. The number of hydrogen-bond acceptors (Lipinski definition) is 3. The number of aryl methyl sites for hydroxylation is 1. The summed E-state index contributed by atoms with van der Waals surface area (Å²) in [5, 5.41) is 2.30. The Labute approximate surface area is 116 Å². The number of fused-ring (bicyclic) bond motifs is 1. The molecule has 1 saturated heterocycles. The first-order valence-electron chi connectivity index (χ1n) is 6.86. The van der Waals surface area contributed by atoms with Gasteiger partial charge in [-0.1, -0.05) is 19.1 Å². The van der Waals surface area contributed by atoms with Crippen LogP contribution in [0.4, 0.5) is 0 Å². The Bertz CT molecular complexity index is 609. The van der Waals surface area contributed by atoms with Crippen LogP contribution in [0.25, 0.3) is 0 Å². The number of rotatable bonds is 2. The minimum absolute atomic E-state index is 0.114. The number of imide groups is 1. The summed E-state index contributed by atoms with van der Waals surface area (Å²) in [5.74, 6) is -0.737. The van der Waals surface area contributed by atoms with Crippen molar-refractivity contribution in [2.45, 2.75) is 38.8 Å². The summed E-state index contributed by atoms with van der Waals surface area (Å²) in [6.07, 6.45) is 1.61. The molecule has 0 aromatic heterocycles. The molecule has 0 radical (unpaired) electrons. The van der Waals surface area contributed by atoms with Gasteiger partial charge in [0.1, 0.15) is 6.04 Å². The molecule has 0 unspecified atom stereocenters. The number of nitrogens with one attached hydrogen (secondary N) is 1. The van der Waals surface area contributed by atoms with E-state index in [9.17, 15) is 14.4 Å². The highest BCUT2D eigenvalue weighted by molar-refractivity contribution is 6.05. The molecule has 1 aromatic carbocycles. The van der Waals surface area contributed by atoms with E-state index in [1.54, 1.807) is 4.90 Å². The molecule has 1 fully saturated rings. The van der Waals surface area contributed by atoms with Gasteiger partial charge in [0.2, 0.25) is 11.8 Å². The van der Waals surface area contributed by atoms with Crippen molar-refractivity contribution in [3.05, 3.63) is 34.9 Å². The summed E-state index contributed by atoms with van der Waals surface area (Å²) < 4.78 is 0. The fraction of sp³-hybridized carbons (Fsp3) is 0.400. The predicted octanol–water partition coefficient (Wildman–Crippen LogP) is 1.01. The first kappa shape index (κ1) is 12.8. The Morgan fingerprint density at radius 3 is 2.80 bits per heavy atom. The van der Waals surface area contributed by atoms with Crippen LogP contribution in [-0.2, 0) is 22.6 Å². The molecule has 3 amide bonds. The normalized spacial score (nSPS) is 21.9. The molecule has 0 saturated carbocycles. The largest absolute Gasteiger partial charge is 0.322 e. The van der Waals surface area contributed by atoms with Crippen molar-refractivity contribution in [1.82, 2.24) is 10.2 Å². The van der Waals surface area contributed by atoms with Gasteiger partial charge in [-0.25, -0.2) is 0 Å². The van der Waals surface area contributed by atoms with Crippen LogP contribution in [0, 0.1) is 0 Å². The monoisotopic (exact) mass is 272 g/mol. The third kappa shape index (κ3) is 1.99. The number of hydrogen-bond donors (Lipinski definition) is 1. The predicted molar refractivity (Wildman–Crippen MR) is 71.9 cm³/mol. The van der Waals surface area contributed by atoms with Crippen molar-refractivity contribution in [3.63, 3.8) is 0 Å². The lowest BCUT2D eigenvalue weighted by atomic mass is 10.0. The maximum atomic E-state index is 12.4. The van der Waals surface area contributed by atoms with Crippen molar-refractivity contribution in [3.8, 4) is 0 Å². The van der Waals surface area contributed by atoms with E-state index in [4.69, 9.17) is 0 Å². The molecule has 5 heteroatoms. The maximum absolute atomic E-state index is 12.4. The number of nitrogens with zero attached hydrogens (tertiary/aromatic N) is 1. The van der Waals surface area contributed by atoms with Crippen molar-refractivity contribution in [2.24, 2.45) is 0 Å². The lowest BCUT2D eigenvalue weighted by molar-refractivity contribution is -0.136. The zero-order valence-electron chi connectivity index (χ0n) is 11.3. The molecular weight excluding hydrogens is 256 g/mol. The molecule has 1 N–H and O–H groups in total. The number of carbonyl (C=O) groups excluding carboxylic acids is 3. The second-order valence-corrected chi connectivity index (χ2v) is 5.25. The second-order valence-electron chi connectivity index (χ2n) is 5.25. The van der Waals surface area contributed by atoms with Gasteiger partial charge in [-0.15, -0.1) is 0 Å². The van der Waals surface area contributed by atoms with Gasteiger partial charge >= 0.3 is 0 Å². The summed E-state index contributed by atoms with van der Waals surface area (Å²) in [6.45, 7) is 2.52. The van der Waals surface area contributed by atoms with E-state index < -0.39 is 6.04 Å². The fourth-order valence-electron chi connectivity index (χ4n) is 2.85. The average molecular weight is 272 g/mol. The highest BCUT2D eigenvalue weighted by Gasteiger charge is 2.38. The molecule has 1 aromatic rings. The number of piperidine rings is 1. The van der Waals surface area contributed by atoms with Crippen LogP contribution in [0.2, 0.25) is 0 Å². The smallest absolute Gasteiger partial charge is 0.255 e. The Kier molecular flexibility index (Phi) is 3.04. The van der Waals surface area contributed by atoms with E-state index in [1.165, 1.54) is 5.56 Å². The molecule has 5 nitrogen and oxygen atoms in total. The van der Waals surface area contributed by atoms with E-state index in [0.717, 1.165) is 12.0 Å². The number of amides is 3. The van der Waals surface area contributed by atoms with E-state index >= 15 is 0 Å². The second kappa shape index (κ2) is 4.74. The number of benzene rings is 1. The summed E-state index contributed by atoms with van der Waals surface area (Å²) in [7, 11) is 0. The zero-order valence-corrected chi connectivity index (χ0v) is 11.3. The molecule has 1 atom stereocenters. The van der Waals surface area contributed by atoms with Gasteiger partial charge in [0.15, 0.2) is 0 Å². The van der Waals surface area contributed by atoms with Crippen LogP contribution >= 0.6 is 0 Å². The highest BCUT2D eigenvalue weighted by atomic mass is 16.2. The van der Waals surface area contributed by atoms with Crippen LogP contribution < -0.4 is 5.32 Å². The van der Waals surface area contributed by atoms with E-state index in [2.05, 4.69) is 12.2 Å². The molecule has 104 valence electrons. The van der Waals surface area contributed by atoms with Gasteiger partial charge in [0.05, 0.1) is 0 Å². The molecular formula is C15H16N2O3. The van der Waals surface area contributed by atoms with Crippen LogP contribution in [-0.4, -0.2) is 28.7 Å². The van der Waals surface area contributed by atoms with Gasteiger partial charge in [-0.05, 0) is 30.0 Å². The molecule has 0 spiro atoms. The summed E-state index contributed by atoms with van der Waals surface area (Å²) in [6, 6.07) is 5.28. The Morgan fingerprint density at radius 1 is 1.30 bits per heavy atom. The first-order valence-corrected chi connectivity index (χ1v) is 6.86. The SMILES string of the molecule is CCc1ccc2c(c1)CN([C@H]1CCC(=O)NC1=O)C2=O. The van der Waals surface area contributed by atoms with Gasteiger partial charge in [0.25, 0.3) is 5.91 Å². The summed E-state index contributed by atoms with van der Waals surface area (Å²) in [5.41, 5.74) is 2.83. The van der Waals surface area contributed by atoms with Gasteiger partial charge in [0, 0.05) is 18.5 Å². The Hall–Kier alpha value is -2.17. The third-order valence-corrected chi connectivity index (χ3v) is 4.00. The van der Waals surface area contributed by atoms with E-state index in [0.29, 0.717) is 18.5 Å². The minimum Gasteiger partial charge on any atom is -0.322 e. The summed E-state index contributed by atoms with van der Waals surface area (Å²) >= 11 is 0. The fourth-order valence-corrected chi connectivity index (χ4v) is 2.85. The number of carbonyl (C=O) groups is 3. The first-order chi connectivity index (χ1) is 9.60. The Morgan fingerprint density at radius 2 is 2.10 bits per heavy atom. The molecule has 0 bridgehead atoms. The Balaban J connectivity index is 1.86. The van der Waals surface area contributed by atoms with Crippen LogP contribution in [0.15, 0.2) is 18.2 Å². The van der Waals surface area contributed by atoms with Gasteiger partial charge in [-0.3, -0.25) is 19.7 Å². The molecule has 0 aliphatic carbocycles. The lowest BCUT2D eigenvalue weighted by Gasteiger charge is -2.29. The van der Waals surface area contributed by atoms with Crippen LogP contribution in [0.1, 0.15) is 41.3 Å². The zero-order chi connectivity index (χ0) is 14.3. The topological polar surface area (TPSA) is 66.5 Å². The van der Waals surface area contributed by atoms with Gasteiger partial charge < -0.3 is 4.90 Å². The summed E-state index contributed by atoms with van der Waals surface area (Å²) in [4.78, 5) is 37.0. The van der Waals surface area contributed by atoms with E-state index in [-0.39, 0.29) is 24.1 Å². The maximum Gasteiger partial charge on any atom is 0.255 e. The molecule has 2 aliphatic rings. The quantitative estimate of drug-likeness (QED) is 0.817. The standard InChI is InChI=1S/C15H16N2O3/c1-2-9-3-4-11-10(7-9)8-17(15(11)20)12-5-6-13(18)16-14(12)19/h3-4,7,12H,2,5-6,8H2,1H3,(H,16,18,19)/t12-/m0/s1. The minimum atomic E-state index is -0.530. The lowest BCUT2D eigenvalue weighted by Crippen LogP contribution is -2.52. The molecule has 2 aliphatic heterocycles.